The molecule has 3 aromatic rings. The topological polar surface area (TPSA) is 119 Å². The zero-order valence-corrected chi connectivity index (χ0v) is 18.3. The Morgan fingerprint density at radius 3 is 1.42 bits per heavy atom. The van der Waals surface area contributed by atoms with Crippen molar-refractivity contribution < 1.29 is 44.8 Å². The molecular weight excluding hydrogens is 475 g/mol. The number of halogens is 3. The van der Waals surface area contributed by atoms with Crippen LogP contribution in [0.3, 0.4) is 0 Å². The Bertz CT molecular complexity index is 1390. The van der Waals surface area contributed by atoms with E-state index in [0.29, 0.717) is 0 Å². The Morgan fingerprint density at radius 1 is 0.727 bits per heavy atom. The second kappa shape index (κ2) is 8.35. The Labute approximate surface area is 183 Å². The van der Waals surface area contributed by atoms with Gasteiger partial charge in [-0.2, -0.15) is 21.6 Å². The van der Waals surface area contributed by atoms with E-state index >= 15 is 0 Å². The molecule has 0 unspecified atom stereocenters. The van der Waals surface area contributed by atoms with Crippen LogP contribution < -0.4 is 34.3 Å². The molecule has 1 aromatic heterocycles. The first-order valence-electron chi connectivity index (χ1n) is 8.83. The molecule has 33 heavy (non-hydrogen) atoms. The molecule has 0 bridgehead atoms. The van der Waals surface area contributed by atoms with Crippen LogP contribution in [0.25, 0.3) is 21.5 Å². The van der Waals surface area contributed by atoms with Gasteiger partial charge in [-0.15, -0.1) is 0 Å². The molecule has 0 saturated carbocycles. The highest BCUT2D eigenvalue weighted by Crippen LogP contribution is 2.43. The van der Waals surface area contributed by atoms with E-state index in [4.69, 9.17) is 18.9 Å². The normalized spacial score (nSPS) is 12.0. The molecule has 10 nitrogen and oxygen atoms in total. The van der Waals surface area contributed by atoms with Crippen molar-refractivity contribution in [3.8, 4) is 23.0 Å². The number of hydrogen-bond acceptors (Lipinski definition) is 9. The van der Waals surface area contributed by atoms with E-state index in [0.717, 1.165) is 12.1 Å². The second-order valence-electron chi connectivity index (χ2n) is 6.33. The van der Waals surface area contributed by atoms with Crippen LogP contribution >= 0.6 is 0 Å². The number of methoxy groups -OCH3 is 4. The molecule has 0 spiro atoms. The van der Waals surface area contributed by atoms with E-state index in [-0.39, 0.29) is 33.8 Å². The minimum Gasteiger partial charge on any atom is -0.493 e. The maximum absolute atomic E-state index is 13.1. The van der Waals surface area contributed by atoms with E-state index in [1.54, 1.807) is 0 Å². The summed E-state index contributed by atoms with van der Waals surface area (Å²) in [6.07, 6.45) is 0. The summed E-state index contributed by atoms with van der Waals surface area (Å²) < 4.78 is 86.7. The SMILES string of the molecule is COc1ccc2c(=O)n(OS(=O)(=O)C(F)(F)F)c(=O)c3ccc(OC)c(OC)c3c2c1OC. The zero-order chi connectivity index (χ0) is 24.7. The van der Waals surface area contributed by atoms with Gasteiger partial charge in [-0.05, 0) is 24.3 Å². The van der Waals surface area contributed by atoms with Crippen LogP contribution in [0.15, 0.2) is 33.9 Å². The van der Waals surface area contributed by atoms with Gasteiger partial charge in [-0.25, -0.2) is 0 Å². The molecule has 0 N–H and O–H groups in total. The van der Waals surface area contributed by atoms with Gasteiger partial charge in [0.25, 0.3) is 11.1 Å². The lowest BCUT2D eigenvalue weighted by molar-refractivity contribution is -0.0551. The number of rotatable bonds is 6. The van der Waals surface area contributed by atoms with Crippen molar-refractivity contribution in [1.82, 2.24) is 4.73 Å². The highest BCUT2D eigenvalue weighted by atomic mass is 32.2. The van der Waals surface area contributed by atoms with Gasteiger partial charge in [0, 0.05) is 10.8 Å². The highest BCUT2D eigenvalue weighted by Gasteiger charge is 2.49. The standard InChI is InChI=1S/C19H16F3NO9S/c1-28-11-7-5-9-13(15(11)30-3)14-10(6-8-12(29-2)16(14)31-4)18(25)23(17(9)24)32-33(26,27)19(20,21)22/h5-8H,1-4H3. The monoisotopic (exact) mass is 491 g/mol. The first-order valence-corrected chi connectivity index (χ1v) is 10.2. The van der Waals surface area contributed by atoms with Crippen molar-refractivity contribution in [2.24, 2.45) is 0 Å². The van der Waals surface area contributed by atoms with Gasteiger partial charge in [-0.3, -0.25) is 13.9 Å². The average Bonchev–Trinajstić information content (AvgIpc) is 2.86. The van der Waals surface area contributed by atoms with E-state index < -0.39 is 42.2 Å². The molecule has 178 valence electrons. The molecule has 0 radical (unpaired) electrons. The van der Waals surface area contributed by atoms with Crippen molar-refractivity contribution in [2.75, 3.05) is 28.4 Å². The van der Waals surface area contributed by atoms with Gasteiger partial charge in [0.05, 0.1) is 39.2 Å². The number of aromatic nitrogens is 1. The maximum Gasteiger partial charge on any atom is 0.536 e. The highest BCUT2D eigenvalue weighted by molar-refractivity contribution is 7.87. The lowest BCUT2D eigenvalue weighted by atomic mass is 10.0. The van der Waals surface area contributed by atoms with Crippen LogP contribution in [0.4, 0.5) is 13.2 Å². The average molecular weight is 491 g/mol. The lowest BCUT2D eigenvalue weighted by Crippen LogP contribution is -2.43. The number of ether oxygens (including phenoxy) is 4. The molecule has 0 fully saturated rings. The van der Waals surface area contributed by atoms with Gasteiger partial charge < -0.3 is 18.9 Å². The first kappa shape index (κ1) is 24.0. The third-order valence-electron chi connectivity index (χ3n) is 4.63. The number of hydrogen-bond donors (Lipinski definition) is 0. The van der Waals surface area contributed by atoms with Crippen molar-refractivity contribution in [2.45, 2.75) is 5.51 Å². The van der Waals surface area contributed by atoms with Crippen LogP contribution in [0, 0.1) is 0 Å². The molecule has 1 heterocycles. The zero-order valence-electron chi connectivity index (χ0n) is 17.5. The lowest BCUT2D eigenvalue weighted by Gasteiger charge is -2.13. The predicted molar refractivity (Wildman–Crippen MR) is 110 cm³/mol. The summed E-state index contributed by atoms with van der Waals surface area (Å²) in [7, 11) is -1.33. The van der Waals surface area contributed by atoms with Crippen LogP contribution in [0.1, 0.15) is 0 Å². The Morgan fingerprint density at radius 2 is 1.12 bits per heavy atom. The quantitative estimate of drug-likeness (QED) is 0.476. The summed E-state index contributed by atoms with van der Waals surface area (Å²) in [6.45, 7) is 0. The third kappa shape index (κ3) is 3.75. The molecule has 0 aliphatic carbocycles. The molecule has 0 aliphatic heterocycles. The summed E-state index contributed by atoms with van der Waals surface area (Å²) in [5.74, 6) is 0.0446. The molecule has 0 amide bonds. The summed E-state index contributed by atoms with van der Waals surface area (Å²) in [6, 6.07) is 4.70. The van der Waals surface area contributed by atoms with E-state index in [9.17, 15) is 31.2 Å². The molecule has 0 aliphatic rings. The van der Waals surface area contributed by atoms with E-state index in [1.165, 1.54) is 40.6 Å². The molecule has 3 rings (SSSR count). The summed E-state index contributed by atoms with van der Waals surface area (Å²) >= 11 is 0. The second-order valence-corrected chi connectivity index (χ2v) is 7.85. The first-order chi connectivity index (χ1) is 15.4. The minimum atomic E-state index is -6.37. The van der Waals surface area contributed by atoms with E-state index in [1.807, 2.05) is 0 Å². The van der Waals surface area contributed by atoms with Gasteiger partial charge in [0.2, 0.25) is 0 Å². The maximum atomic E-state index is 13.1. The van der Waals surface area contributed by atoms with Crippen molar-refractivity contribution >= 4 is 31.7 Å². The van der Waals surface area contributed by atoms with Crippen LogP contribution in [0.5, 0.6) is 23.0 Å². The Kier molecular flexibility index (Phi) is 6.06. The van der Waals surface area contributed by atoms with Crippen LogP contribution in [-0.2, 0) is 10.1 Å². The molecular formula is C19H16F3NO9S. The van der Waals surface area contributed by atoms with Crippen molar-refractivity contribution in [3.63, 3.8) is 0 Å². The summed E-state index contributed by atoms with van der Waals surface area (Å²) in [5.41, 5.74) is -8.90. The Hall–Kier alpha value is -3.68. The number of nitrogens with zero attached hydrogens (tertiary/aromatic N) is 1. The third-order valence-corrected chi connectivity index (χ3v) is 5.54. The van der Waals surface area contributed by atoms with E-state index in [2.05, 4.69) is 4.28 Å². The minimum absolute atomic E-state index is 0.0792. The van der Waals surface area contributed by atoms with Gasteiger partial charge in [0.15, 0.2) is 23.0 Å². The van der Waals surface area contributed by atoms with Crippen molar-refractivity contribution in [1.29, 1.82) is 0 Å². The van der Waals surface area contributed by atoms with Crippen LogP contribution in [-0.4, -0.2) is 47.1 Å². The Balaban J connectivity index is 2.73. The summed E-state index contributed by atoms with van der Waals surface area (Å²) in [4.78, 5) is 26.2. The largest absolute Gasteiger partial charge is 0.536 e. The molecule has 0 atom stereocenters. The van der Waals surface area contributed by atoms with Gasteiger partial charge in [-0.1, -0.05) is 4.73 Å². The number of benzene rings is 2. The smallest absolute Gasteiger partial charge is 0.493 e. The van der Waals surface area contributed by atoms with Crippen LogP contribution in [0.2, 0.25) is 0 Å². The summed E-state index contributed by atoms with van der Waals surface area (Å²) in [5, 5.41) is -1.08. The van der Waals surface area contributed by atoms with Gasteiger partial charge in [0.1, 0.15) is 0 Å². The van der Waals surface area contributed by atoms with Gasteiger partial charge >= 0.3 is 15.6 Å². The molecule has 14 heteroatoms. The number of fused-ring (bicyclic) bond motifs is 3. The molecule has 0 saturated heterocycles. The van der Waals surface area contributed by atoms with Crippen molar-refractivity contribution in [3.05, 3.63) is 45.0 Å². The fourth-order valence-corrected chi connectivity index (χ4v) is 3.64. The predicted octanol–water partition coefficient (Wildman–Crippen LogP) is 1.83. The molecule has 2 aromatic carbocycles. The fourth-order valence-electron chi connectivity index (χ4n) is 3.23. The number of alkyl halides is 3. The fraction of sp³-hybridized carbons (Fsp3) is 0.263.